The van der Waals surface area contributed by atoms with Gasteiger partial charge < -0.3 is 9.47 Å². The summed E-state index contributed by atoms with van der Waals surface area (Å²) in [6.07, 6.45) is 2.60. The zero-order valence-electron chi connectivity index (χ0n) is 14.5. The van der Waals surface area contributed by atoms with Gasteiger partial charge in [0, 0.05) is 26.4 Å². The van der Waals surface area contributed by atoms with Crippen LogP contribution in [-0.4, -0.2) is 26.4 Å². The average molecular weight is 284 g/mol. The molecule has 0 amide bonds. The molecular weight excluding hydrogens is 248 g/mol. The van der Waals surface area contributed by atoms with E-state index in [9.17, 15) is 0 Å². The van der Waals surface area contributed by atoms with Gasteiger partial charge in [0.25, 0.3) is 0 Å². The van der Waals surface area contributed by atoms with E-state index in [1.165, 1.54) is 12.8 Å². The van der Waals surface area contributed by atoms with Gasteiger partial charge in [0.05, 0.1) is 0 Å². The van der Waals surface area contributed by atoms with Gasteiger partial charge in [0.1, 0.15) is 0 Å². The Morgan fingerprint density at radius 1 is 0.750 bits per heavy atom. The second-order valence-corrected chi connectivity index (χ2v) is 7.81. The summed E-state index contributed by atoms with van der Waals surface area (Å²) in [5.74, 6) is 4.28. The molecule has 4 atom stereocenters. The molecule has 0 bridgehead atoms. The molecule has 0 saturated heterocycles. The van der Waals surface area contributed by atoms with Crippen molar-refractivity contribution < 1.29 is 9.47 Å². The Labute approximate surface area is 126 Å². The fraction of sp³-hybridized carbons (Fsp3) is 1.00. The third-order valence-corrected chi connectivity index (χ3v) is 4.55. The van der Waals surface area contributed by atoms with E-state index < -0.39 is 0 Å². The Kier molecular flexibility index (Phi) is 8.13. The van der Waals surface area contributed by atoms with Crippen LogP contribution in [0.2, 0.25) is 0 Å². The highest BCUT2D eigenvalue weighted by atomic mass is 16.5. The van der Waals surface area contributed by atoms with Crippen molar-refractivity contribution in [1.82, 2.24) is 0 Å². The van der Waals surface area contributed by atoms with Crippen LogP contribution in [0.25, 0.3) is 0 Å². The van der Waals surface area contributed by atoms with E-state index in [0.29, 0.717) is 23.7 Å². The third-order valence-electron chi connectivity index (χ3n) is 4.55. The van der Waals surface area contributed by atoms with E-state index in [-0.39, 0.29) is 0 Å². The highest BCUT2D eigenvalue weighted by molar-refractivity contribution is 4.82. The summed E-state index contributed by atoms with van der Waals surface area (Å²) in [5.41, 5.74) is 0. The van der Waals surface area contributed by atoms with Crippen LogP contribution in [0.1, 0.15) is 54.4 Å². The van der Waals surface area contributed by atoms with Crippen molar-refractivity contribution in [2.75, 3.05) is 26.4 Å². The van der Waals surface area contributed by atoms with Gasteiger partial charge in [-0.3, -0.25) is 0 Å². The molecule has 1 aliphatic rings. The van der Waals surface area contributed by atoms with Gasteiger partial charge in [-0.15, -0.1) is 0 Å². The summed E-state index contributed by atoms with van der Waals surface area (Å²) in [6, 6.07) is 0. The van der Waals surface area contributed by atoms with Crippen molar-refractivity contribution in [2.24, 2.45) is 35.5 Å². The minimum atomic E-state index is 0.630. The Bertz CT molecular complexity index is 224. The van der Waals surface area contributed by atoms with Crippen LogP contribution in [-0.2, 0) is 9.47 Å². The molecular formula is C18H36O2. The first-order valence-electron chi connectivity index (χ1n) is 8.55. The first-order valence-corrected chi connectivity index (χ1v) is 8.55. The van der Waals surface area contributed by atoms with Crippen LogP contribution in [0.15, 0.2) is 0 Å². The minimum absolute atomic E-state index is 0.630. The molecule has 120 valence electrons. The lowest BCUT2D eigenvalue weighted by Crippen LogP contribution is -2.35. The summed E-state index contributed by atoms with van der Waals surface area (Å²) in [4.78, 5) is 0. The van der Waals surface area contributed by atoms with Crippen LogP contribution in [0, 0.1) is 35.5 Å². The Morgan fingerprint density at radius 3 is 1.40 bits per heavy atom. The van der Waals surface area contributed by atoms with Crippen LogP contribution < -0.4 is 0 Å². The average Bonchev–Trinajstić information content (AvgIpc) is 2.34. The summed E-state index contributed by atoms with van der Waals surface area (Å²) in [5, 5.41) is 0. The molecule has 0 N–H and O–H groups in total. The number of hydrogen-bond donors (Lipinski definition) is 0. The maximum absolute atomic E-state index is 5.92. The summed E-state index contributed by atoms with van der Waals surface area (Å²) >= 11 is 0. The molecule has 1 rings (SSSR count). The largest absolute Gasteiger partial charge is 0.381 e. The van der Waals surface area contributed by atoms with Crippen molar-refractivity contribution in [3.63, 3.8) is 0 Å². The summed E-state index contributed by atoms with van der Waals surface area (Å²) in [6.45, 7) is 17.3. The molecule has 0 aliphatic heterocycles. The molecule has 20 heavy (non-hydrogen) atoms. The molecule has 1 aliphatic carbocycles. The molecule has 2 heteroatoms. The molecule has 2 nitrogen and oxygen atoms in total. The summed E-state index contributed by atoms with van der Waals surface area (Å²) in [7, 11) is 0. The molecule has 0 aromatic rings. The molecule has 1 saturated carbocycles. The van der Waals surface area contributed by atoms with Gasteiger partial charge in [-0.2, -0.15) is 0 Å². The third kappa shape index (κ3) is 6.58. The first-order chi connectivity index (χ1) is 9.40. The SMILES string of the molecule is CC(C)COCC1CC(C)C(C)CC1COCC(C)C. The second kappa shape index (κ2) is 9.04. The molecule has 1 fully saturated rings. The zero-order valence-corrected chi connectivity index (χ0v) is 14.5. The lowest BCUT2D eigenvalue weighted by molar-refractivity contribution is -0.0190. The standard InChI is InChI=1S/C18H36O2/c1-13(2)9-19-11-17-7-15(5)16(6)8-18(17)12-20-10-14(3)4/h13-18H,7-12H2,1-6H3. The Morgan fingerprint density at radius 2 is 1.10 bits per heavy atom. The van der Waals surface area contributed by atoms with Crippen LogP contribution in [0.3, 0.4) is 0 Å². The van der Waals surface area contributed by atoms with E-state index in [2.05, 4.69) is 41.5 Å². The number of hydrogen-bond acceptors (Lipinski definition) is 2. The number of rotatable bonds is 8. The Balaban J connectivity index is 2.42. The number of ether oxygens (including phenoxy) is 2. The normalized spacial score (nSPS) is 31.2. The van der Waals surface area contributed by atoms with Crippen molar-refractivity contribution in [1.29, 1.82) is 0 Å². The molecule has 0 aromatic carbocycles. The van der Waals surface area contributed by atoms with Gasteiger partial charge in [-0.05, 0) is 48.3 Å². The predicted octanol–water partition coefficient (Wildman–Crippen LogP) is 4.63. The van der Waals surface area contributed by atoms with E-state index in [1.54, 1.807) is 0 Å². The Hall–Kier alpha value is -0.0800. The first kappa shape index (κ1) is 18.0. The van der Waals surface area contributed by atoms with Gasteiger partial charge >= 0.3 is 0 Å². The van der Waals surface area contributed by atoms with Crippen molar-refractivity contribution in [3.8, 4) is 0 Å². The maximum atomic E-state index is 5.92. The lowest BCUT2D eigenvalue weighted by atomic mass is 9.70. The van der Waals surface area contributed by atoms with Crippen molar-refractivity contribution in [3.05, 3.63) is 0 Å². The van der Waals surface area contributed by atoms with Gasteiger partial charge in [0.2, 0.25) is 0 Å². The molecule has 4 unspecified atom stereocenters. The molecule has 0 radical (unpaired) electrons. The molecule has 0 heterocycles. The van der Waals surface area contributed by atoms with Gasteiger partial charge in [-0.1, -0.05) is 41.5 Å². The van der Waals surface area contributed by atoms with Gasteiger partial charge in [-0.25, -0.2) is 0 Å². The second-order valence-electron chi connectivity index (χ2n) is 7.81. The smallest absolute Gasteiger partial charge is 0.0498 e. The fourth-order valence-electron chi connectivity index (χ4n) is 3.12. The zero-order chi connectivity index (χ0) is 15.1. The molecule has 0 aromatic heterocycles. The van der Waals surface area contributed by atoms with Crippen LogP contribution in [0.4, 0.5) is 0 Å². The fourth-order valence-corrected chi connectivity index (χ4v) is 3.12. The van der Waals surface area contributed by atoms with Crippen LogP contribution >= 0.6 is 0 Å². The topological polar surface area (TPSA) is 18.5 Å². The summed E-state index contributed by atoms with van der Waals surface area (Å²) < 4.78 is 11.8. The lowest BCUT2D eigenvalue weighted by Gasteiger charge is -2.39. The monoisotopic (exact) mass is 284 g/mol. The quantitative estimate of drug-likeness (QED) is 0.647. The van der Waals surface area contributed by atoms with Crippen LogP contribution in [0.5, 0.6) is 0 Å². The van der Waals surface area contributed by atoms with Crippen molar-refractivity contribution >= 4 is 0 Å². The van der Waals surface area contributed by atoms with Crippen molar-refractivity contribution in [2.45, 2.75) is 54.4 Å². The highest BCUT2D eigenvalue weighted by Crippen LogP contribution is 2.38. The maximum Gasteiger partial charge on any atom is 0.0498 e. The van der Waals surface area contributed by atoms with E-state index in [4.69, 9.17) is 9.47 Å². The predicted molar refractivity (Wildman–Crippen MR) is 85.9 cm³/mol. The minimum Gasteiger partial charge on any atom is -0.381 e. The highest BCUT2D eigenvalue weighted by Gasteiger charge is 2.33. The van der Waals surface area contributed by atoms with E-state index in [0.717, 1.165) is 38.3 Å². The van der Waals surface area contributed by atoms with E-state index >= 15 is 0 Å². The van der Waals surface area contributed by atoms with Gasteiger partial charge in [0.15, 0.2) is 0 Å². The molecule has 0 spiro atoms. The van der Waals surface area contributed by atoms with E-state index in [1.807, 2.05) is 0 Å².